The van der Waals surface area contributed by atoms with Gasteiger partial charge in [0, 0.05) is 26.7 Å². The largest absolute Gasteiger partial charge is 0.480 e. The summed E-state index contributed by atoms with van der Waals surface area (Å²) in [6.45, 7) is 5.54. The Bertz CT molecular complexity index is 331. The van der Waals surface area contributed by atoms with Crippen molar-refractivity contribution in [2.45, 2.75) is 32.3 Å². The molecule has 0 radical (unpaired) electrons. The molecule has 0 bridgehead atoms. The van der Waals surface area contributed by atoms with Gasteiger partial charge in [0.25, 0.3) is 5.91 Å². The lowest BCUT2D eigenvalue weighted by molar-refractivity contribution is -0.152. The number of amides is 1. The summed E-state index contributed by atoms with van der Waals surface area (Å²) in [5, 5.41) is 11.5. The van der Waals surface area contributed by atoms with Crippen LogP contribution in [0.1, 0.15) is 26.7 Å². The molecule has 1 rings (SSSR count). The van der Waals surface area contributed by atoms with Gasteiger partial charge < -0.3 is 20.1 Å². The molecule has 0 saturated carbocycles. The topological polar surface area (TPSA) is 78.9 Å². The van der Waals surface area contributed by atoms with Gasteiger partial charge in [0.2, 0.25) is 0 Å². The lowest BCUT2D eigenvalue weighted by atomic mass is 9.96. The highest BCUT2D eigenvalue weighted by Gasteiger charge is 2.34. The van der Waals surface area contributed by atoms with Crippen LogP contribution in [0.2, 0.25) is 0 Å². The molecule has 0 aromatic heterocycles. The van der Waals surface area contributed by atoms with Crippen molar-refractivity contribution in [2.75, 3.05) is 33.3 Å². The van der Waals surface area contributed by atoms with E-state index in [1.807, 2.05) is 4.90 Å². The minimum Gasteiger partial charge on any atom is -0.480 e. The van der Waals surface area contributed by atoms with Crippen LogP contribution in [0, 0.1) is 5.92 Å². The molecule has 1 aliphatic rings. The van der Waals surface area contributed by atoms with Gasteiger partial charge in [0.1, 0.15) is 5.60 Å². The number of nitrogens with one attached hydrogen (secondary N) is 1. The van der Waals surface area contributed by atoms with E-state index in [2.05, 4.69) is 5.32 Å². The summed E-state index contributed by atoms with van der Waals surface area (Å²) in [5.74, 6) is -0.549. The number of likely N-dealkylation sites (tertiary alicyclic amines) is 1. The van der Waals surface area contributed by atoms with Gasteiger partial charge in [-0.05, 0) is 32.6 Å². The van der Waals surface area contributed by atoms with Gasteiger partial charge >= 0.3 is 5.97 Å². The Hall–Kier alpha value is -1.14. The first kappa shape index (κ1) is 15.9. The van der Waals surface area contributed by atoms with Crippen molar-refractivity contribution >= 4 is 11.9 Å². The van der Waals surface area contributed by atoms with Crippen molar-refractivity contribution in [1.82, 2.24) is 10.2 Å². The summed E-state index contributed by atoms with van der Waals surface area (Å²) in [6.07, 6.45) is 1.97. The fourth-order valence-corrected chi connectivity index (χ4v) is 2.27. The molecule has 0 aliphatic carbocycles. The van der Waals surface area contributed by atoms with Crippen LogP contribution >= 0.6 is 0 Å². The number of carbonyl (C=O) groups excluding carboxylic acids is 1. The molecule has 6 heteroatoms. The molecule has 1 amide bonds. The first-order valence-corrected chi connectivity index (χ1v) is 6.64. The molecule has 1 atom stereocenters. The van der Waals surface area contributed by atoms with E-state index in [0.29, 0.717) is 19.0 Å². The van der Waals surface area contributed by atoms with Crippen LogP contribution in [0.5, 0.6) is 0 Å². The number of methoxy groups -OCH3 is 1. The lowest BCUT2D eigenvalue weighted by Crippen LogP contribution is -2.51. The molecule has 1 unspecified atom stereocenters. The van der Waals surface area contributed by atoms with E-state index in [9.17, 15) is 9.59 Å². The highest BCUT2D eigenvalue weighted by Crippen LogP contribution is 2.20. The van der Waals surface area contributed by atoms with Gasteiger partial charge in [-0.15, -0.1) is 0 Å². The van der Waals surface area contributed by atoms with Gasteiger partial charge in [-0.2, -0.15) is 0 Å². The number of carbonyl (C=O) groups is 2. The molecular weight excluding hydrogens is 248 g/mol. The van der Waals surface area contributed by atoms with Gasteiger partial charge in [0.05, 0.1) is 6.54 Å². The third-order valence-corrected chi connectivity index (χ3v) is 3.54. The zero-order valence-electron chi connectivity index (χ0n) is 11.9. The second-order valence-electron chi connectivity index (χ2n) is 5.50. The summed E-state index contributed by atoms with van der Waals surface area (Å²) in [4.78, 5) is 24.5. The third-order valence-electron chi connectivity index (χ3n) is 3.54. The van der Waals surface area contributed by atoms with Crippen molar-refractivity contribution in [3.8, 4) is 0 Å². The van der Waals surface area contributed by atoms with Crippen LogP contribution in [-0.2, 0) is 14.3 Å². The number of nitrogens with zero attached hydrogens (tertiary/aromatic N) is 1. The highest BCUT2D eigenvalue weighted by molar-refractivity contribution is 5.84. The second kappa shape index (κ2) is 6.86. The van der Waals surface area contributed by atoms with Gasteiger partial charge in [-0.3, -0.25) is 9.59 Å². The van der Waals surface area contributed by atoms with E-state index in [0.717, 1.165) is 19.4 Å². The van der Waals surface area contributed by atoms with Crippen LogP contribution in [0.4, 0.5) is 0 Å². The van der Waals surface area contributed by atoms with Gasteiger partial charge in [0.15, 0.2) is 0 Å². The number of ether oxygens (including phenoxy) is 1. The zero-order valence-corrected chi connectivity index (χ0v) is 11.9. The van der Waals surface area contributed by atoms with Crippen molar-refractivity contribution in [1.29, 1.82) is 0 Å². The minimum atomic E-state index is -0.857. The Morgan fingerprint density at radius 3 is 2.74 bits per heavy atom. The lowest BCUT2D eigenvalue weighted by Gasteiger charge is -2.37. The first-order chi connectivity index (χ1) is 8.86. The molecule has 2 N–H and O–H groups in total. The minimum absolute atomic E-state index is 0.00191. The predicted octanol–water partition coefficient (Wildman–Crippen LogP) is 0.324. The molecule has 19 heavy (non-hydrogen) atoms. The number of rotatable bonds is 6. The van der Waals surface area contributed by atoms with Crippen molar-refractivity contribution < 1.29 is 19.4 Å². The van der Waals surface area contributed by atoms with Gasteiger partial charge in [-0.25, -0.2) is 0 Å². The average Bonchev–Trinajstić information content (AvgIpc) is 2.37. The van der Waals surface area contributed by atoms with Gasteiger partial charge in [-0.1, -0.05) is 0 Å². The normalized spacial score (nSPS) is 20.4. The molecule has 1 heterocycles. The van der Waals surface area contributed by atoms with Crippen molar-refractivity contribution in [3.63, 3.8) is 0 Å². The molecule has 0 spiro atoms. The second-order valence-corrected chi connectivity index (χ2v) is 5.50. The fourth-order valence-electron chi connectivity index (χ4n) is 2.27. The molecule has 1 saturated heterocycles. The maximum Gasteiger partial charge on any atom is 0.317 e. The Morgan fingerprint density at radius 1 is 1.47 bits per heavy atom. The smallest absolute Gasteiger partial charge is 0.317 e. The highest BCUT2D eigenvalue weighted by atomic mass is 16.5. The van der Waals surface area contributed by atoms with E-state index in [1.54, 1.807) is 13.8 Å². The quantitative estimate of drug-likeness (QED) is 0.728. The third kappa shape index (κ3) is 4.80. The number of piperidine rings is 1. The average molecular weight is 272 g/mol. The molecule has 110 valence electrons. The summed E-state index contributed by atoms with van der Waals surface area (Å²) >= 11 is 0. The fraction of sp³-hybridized carbons (Fsp3) is 0.846. The van der Waals surface area contributed by atoms with Crippen molar-refractivity contribution in [2.24, 2.45) is 5.92 Å². The zero-order chi connectivity index (χ0) is 14.5. The van der Waals surface area contributed by atoms with E-state index in [-0.39, 0.29) is 12.5 Å². The Labute approximate surface area is 114 Å². The van der Waals surface area contributed by atoms with Crippen LogP contribution in [0.15, 0.2) is 0 Å². The number of carboxylic acid groups (broad SMARTS) is 1. The van der Waals surface area contributed by atoms with Crippen LogP contribution in [0.3, 0.4) is 0 Å². The number of carboxylic acids is 1. The van der Waals surface area contributed by atoms with E-state index in [4.69, 9.17) is 9.84 Å². The van der Waals surface area contributed by atoms with E-state index in [1.165, 1.54) is 7.11 Å². The standard InChI is InChI=1S/C13H24N2O4/c1-13(2,19-3)12(18)15-6-4-5-10(9-15)7-14-8-11(16)17/h10,14H,4-9H2,1-3H3,(H,16,17). The predicted molar refractivity (Wildman–Crippen MR) is 70.9 cm³/mol. The Morgan fingerprint density at radius 2 is 2.16 bits per heavy atom. The molecule has 0 aromatic carbocycles. The van der Waals surface area contributed by atoms with Crippen LogP contribution in [0.25, 0.3) is 0 Å². The number of aliphatic carboxylic acids is 1. The summed E-state index contributed by atoms with van der Waals surface area (Å²) in [6, 6.07) is 0. The molecule has 1 fully saturated rings. The molecule has 0 aromatic rings. The summed E-state index contributed by atoms with van der Waals surface area (Å²) in [7, 11) is 1.54. The maximum atomic E-state index is 12.3. The summed E-state index contributed by atoms with van der Waals surface area (Å²) in [5.41, 5.74) is -0.795. The van der Waals surface area contributed by atoms with Crippen molar-refractivity contribution in [3.05, 3.63) is 0 Å². The number of hydrogen-bond donors (Lipinski definition) is 2. The van der Waals surface area contributed by atoms with Crippen LogP contribution < -0.4 is 5.32 Å². The summed E-state index contributed by atoms with van der Waals surface area (Å²) < 4.78 is 5.22. The number of hydrogen-bond acceptors (Lipinski definition) is 4. The van der Waals surface area contributed by atoms with E-state index >= 15 is 0 Å². The Balaban J connectivity index is 2.46. The first-order valence-electron chi connectivity index (χ1n) is 6.64. The SMILES string of the molecule is COC(C)(C)C(=O)N1CCCC(CNCC(=O)O)C1. The maximum absolute atomic E-state index is 12.3. The van der Waals surface area contributed by atoms with E-state index < -0.39 is 11.6 Å². The monoisotopic (exact) mass is 272 g/mol. The molecule has 1 aliphatic heterocycles. The molecule has 6 nitrogen and oxygen atoms in total. The Kier molecular flexibility index (Phi) is 5.75. The van der Waals surface area contributed by atoms with Crippen LogP contribution in [-0.4, -0.2) is 60.8 Å². The molecular formula is C13H24N2O4.